The quantitative estimate of drug-likeness (QED) is 0.856. The standard InChI is InChI=1S/C12H15ClN4O2S2/c1-16-8-14-15-12(16)9-4-2-3-7-17(9)21(18,19)11-6-5-10(13)20-11/h5-6,8-9H,2-4,7H2,1H3. The zero-order valence-electron chi connectivity index (χ0n) is 11.4. The third-order valence-corrected chi connectivity index (χ3v) is 7.22. The molecule has 2 aromatic rings. The second-order valence-corrected chi connectivity index (χ2v) is 8.82. The third kappa shape index (κ3) is 2.73. The van der Waals surface area contributed by atoms with Crippen LogP contribution in [0.15, 0.2) is 22.7 Å². The second kappa shape index (κ2) is 5.68. The summed E-state index contributed by atoms with van der Waals surface area (Å²) in [4.78, 5) is 0. The molecule has 6 nitrogen and oxygen atoms in total. The summed E-state index contributed by atoms with van der Waals surface area (Å²) in [6, 6.07) is 2.91. The molecule has 0 amide bonds. The van der Waals surface area contributed by atoms with Gasteiger partial charge in [-0.25, -0.2) is 8.42 Å². The first-order valence-electron chi connectivity index (χ1n) is 6.61. The van der Waals surface area contributed by atoms with Crippen molar-refractivity contribution in [2.24, 2.45) is 7.05 Å². The first-order chi connectivity index (χ1) is 10.00. The van der Waals surface area contributed by atoms with Crippen LogP contribution in [0, 0.1) is 0 Å². The van der Waals surface area contributed by atoms with Gasteiger partial charge in [-0.3, -0.25) is 0 Å². The maximum absolute atomic E-state index is 12.8. The number of sulfonamides is 1. The van der Waals surface area contributed by atoms with Gasteiger partial charge in [0, 0.05) is 13.6 Å². The molecule has 0 bridgehead atoms. The van der Waals surface area contributed by atoms with Gasteiger partial charge in [0.2, 0.25) is 0 Å². The molecule has 1 unspecified atom stereocenters. The Balaban J connectivity index is 2.00. The molecule has 3 rings (SSSR count). The molecule has 114 valence electrons. The predicted molar refractivity (Wildman–Crippen MR) is 80.8 cm³/mol. The van der Waals surface area contributed by atoms with Gasteiger partial charge in [-0.15, -0.1) is 21.5 Å². The Kier molecular flexibility index (Phi) is 4.04. The summed E-state index contributed by atoms with van der Waals surface area (Å²) in [6.07, 6.45) is 4.18. The van der Waals surface area contributed by atoms with Crippen molar-refractivity contribution in [2.75, 3.05) is 6.54 Å². The molecule has 1 atom stereocenters. The van der Waals surface area contributed by atoms with Gasteiger partial charge in [-0.2, -0.15) is 4.31 Å². The summed E-state index contributed by atoms with van der Waals surface area (Å²) in [5, 5.41) is 7.95. The minimum atomic E-state index is -3.55. The van der Waals surface area contributed by atoms with Gasteiger partial charge >= 0.3 is 0 Å². The third-order valence-electron chi connectivity index (χ3n) is 3.61. The maximum atomic E-state index is 12.8. The number of aryl methyl sites for hydroxylation is 1. The summed E-state index contributed by atoms with van der Waals surface area (Å²) < 4.78 is 29.7. The average Bonchev–Trinajstić information content (AvgIpc) is 3.08. The van der Waals surface area contributed by atoms with E-state index in [1.165, 1.54) is 4.31 Å². The van der Waals surface area contributed by atoms with Gasteiger partial charge in [-0.05, 0) is 25.0 Å². The van der Waals surface area contributed by atoms with E-state index in [1.807, 2.05) is 7.05 Å². The molecule has 9 heteroatoms. The number of hydrogen-bond donors (Lipinski definition) is 0. The van der Waals surface area contributed by atoms with Gasteiger partial charge < -0.3 is 4.57 Å². The van der Waals surface area contributed by atoms with Crippen LogP contribution in [-0.4, -0.2) is 34.0 Å². The van der Waals surface area contributed by atoms with Crippen LogP contribution >= 0.6 is 22.9 Å². The molecule has 1 aliphatic rings. The molecule has 0 aliphatic carbocycles. The van der Waals surface area contributed by atoms with E-state index in [-0.39, 0.29) is 10.3 Å². The summed E-state index contributed by atoms with van der Waals surface area (Å²) in [5.74, 6) is 0.681. The van der Waals surface area contributed by atoms with Crippen molar-refractivity contribution in [3.05, 3.63) is 28.6 Å². The Morgan fingerprint density at radius 1 is 1.38 bits per heavy atom. The summed E-state index contributed by atoms with van der Waals surface area (Å²) in [5.41, 5.74) is 0. The maximum Gasteiger partial charge on any atom is 0.253 e. The normalized spacial score (nSPS) is 20.8. The van der Waals surface area contributed by atoms with Gasteiger partial charge in [0.25, 0.3) is 10.0 Å². The fourth-order valence-electron chi connectivity index (χ4n) is 2.60. The van der Waals surface area contributed by atoms with E-state index in [4.69, 9.17) is 11.6 Å². The Morgan fingerprint density at radius 3 is 2.81 bits per heavy atom. The van der Waals surface area contributed by atoms with Gasteiger partial charge in [-0.1, -0.05) is 18.0 Å². The molecule has 0 radical (unpaired) electrons. The van der Waals surface area contributed by atoms with Crippen molar-refractivity contribution >= 4 is 33.0 Å². The Labute approximate surface area is 132 Å². The van der Waals surface area contributed by atoms with Crippen molar-refractivity contribution in [3.63, 3.8) is 0 Å². The lowest BCUT2D eigenvalue weighted by atomic mass is 10.0. The SMILES string of the molecule is Cn1cnnc1C1CCCCN1S(=O)(=O)c1ccc(Cl)s1. The second-order valence-electron chi connectivity index (χ2n) is 4.99. The number of aromatic nitrogens is 3. The molecule has 2 aromatic heterocycles. The molecule has 1 aliphatic heterocycles. The van der Waals surface area contributed by atoms with Crippen LogP contribution < -0.4 is 0 Å². The average molecular weight is 347 g/mol. The number of rotatable bonds is 3. The highest BCUT2D eigenvalue weighted by Crippen LogP contribution is 2.36. The number of hydrogen-bond acceptors (Lipinski definition) is 5. The van der Waals surface area contributed by atoms with Crippen LogP contribution in [0.5, 0.6) is 0 Å². The largest absolute Gasteiger partial charge is 0.319 e. The highest BCUT2D eigenvalue weighted by Gasteiger charge is 2.37. The Hall–Kier alpha value is -0.960. The van der Waals surface area contributed by atoms with E-state index in [1.54, 1.807) is 23.0 Å². The van der Waals surface area contributed by atoms with E-state index in [9.17, 15) is 8.42 Å². The predicted octanol–water partition coefficient (Wildman–Crippen LogP) is 2.45. The number of thiophene rings is 1. The molecule has 0 aromatic carbocycles. The lowest BCUT2D eigenvalue weighted by molar-refractivity contribution is 0.243. The molecular formula is C12H15ClN4O2S2. The molecule has 0 saturated carbocycles. The molecule has 1 fully saturated rings. The monoisotopic (exact) mass is 346 g/mol. The fourth-order valence-corrected chi connectivity index (χ4v) is 5.86. The summed E-state index contributed by atoms with van der Waals surface area (Å²) in [7, 11) is -1.72. The van der Waals surface area contributed by atoms with Crippen molar-refractivity contribution in [3.8, 4) is 0 Å². The van der Waals surface area contributed by atoms with E-state index < -0.39 is 10.0 Å². The molecule has 3 heterocycles. The number of nitrogens with zero attached hydrogens (tertiary/aromatic N) is 4. The number of piperidine rings is 1. The first kappa shape index (κ1) is 15.0. The molecule has 1 saturated heterocycles. The molecule has 0 N–H and O–H groups in total. The molecule has 21 heavy (non-hydrogen) atoms. The fraction of sp³-hybridized carbons (Fsp3) is 0.500. The molecule has 0 spiro atoms. The van der Waals surface area contributed by atoms with Gasteiger partial charge in [0.1, 0.15) is 10.5 Å². The van der Waals surface area contributed by atoms with Crippen LogP contribution in [0.4, 0.5) is 0 Å². The topological polar surface area (TPSA) is 68.1 Å². The summed E-state index contributed by atoms with van der Waals surface area (Å²) in [6.45, 7) is 0.495. The van der Waals surface area contributed by atoms with Crippen LogP contribution in [0.3, 0.4) is 0 Å². The summed E-state index contributed by atoms with van der Waals surface area (Å²) >= 11 is 6.96. The molecular weight excluding hydrogens is 332 g/mol. The Morgan fingerprint density at radius 2 is 2.19 bits per heavy atom. The zero-order chi connectivity index (χ0) is 15.0. The van der Waals surface area contributed by atoms with Gasteiger partial charge in [0.15, 0.2) is 5.82 Å². The van der Waals surface area contributed by atoms with E-state index in [0.29, 0.717) is 16.7 Å². The highest BCUT2D eigenvalue weighted by atomic mass is 35.5. The van der Waals surface area contributed by atoms with Crippen LogP contribution in [0.1, 0.15) is 31.1 Å². The van der Waals surface area contributed by atoms with E-state index in [0.717, 1.165) is 30.6 Å². The lowest BCUT2D eigenvalue weighted by Crippen LogP contribution is -2.39. The van der Waals surface area contributed by atoms with Crippen molar-refractivity contribution in [1.82, 2.24) is 19.1 Å². The van der Waals surface area contributed by atoms with Crippen molar-refractivity contribution in [2.45, 2.75) is 29.5 Å². The first-order valence-corrected chi connectivity index (χ1v) is 9.24. The highest BCUT2D eigenvalue weighted by molar-refractivity contribution is 7.91. The van der Waals surface area contributed by atoms with E-state index in [2.05, 4.69) is 10.2 Å². The number of halogens is 1. The van der Waals surface area contributed by atoms with Crippen molar-refractivity contribution < 1.29 is 8.42 Å². The Bertz CT molecular complexity index is 740. The lowest BCUT2D eigenvalue weighted by Gasteiger charge is -2.33. The van der Waals surface area contributed by atoms with E-state index >= 15 is 0 Å². The van der Waals surface area contributed by atoms with Crippen LogP contribution in [0.2, 0.25) is 4.34 Å². The smallest absolute Gasteiger partial charge is 0.253 e. The van der Waals surface area contributed by atoms with Gasteiger partial charge in [0.05, 0.1) is 10.4 Å². The zero-order valence-corrected chi connectivity index (χ0v) is 13.8. The minimum absolute atomic E-state index is 0.267. The van der Waals surface area contributed by atoms with Crippen LogP contribution in [-0.2, 0) is 17.1 Å². The minimum Gasteiger partial charge on any atom is -0.319 e. The van der Waals surface area contributed by atoms with Crippen LogP contribution in [0.25, 0.3) is 0 Å². The van der Waals surface area contributed by atoms with Crippen molar-refractivity contribution in [1.29, 1.82) is 0 Å².